The van der Waals surface area contributed by atoms with Crippen LogP contribution in [0, 0.1) is 27.7 Å². The summed E-state index contributed by atoms with van der Waals surface area (Å²) >= 11 is 0. The third kappa shape index (κ3) is 3.09. The van der Waals surface area contributed by atoms with Crippen molar-refractivity contribution in [3.8, 4) is 0 Å². The Hall–Kier alpha value is -2.48. The molecule has 3 rings (SSSR count). The van der Waals surface area contributed by atoms with E-state index in [0.29, 0.717) is 24.4 Å². The molecule has 8 heteroatoms. The van der Waals surface area contributed by atoms with Crippen LogP contribution in [0.3, 0.4) is 0 Å². The summed E-state index contributed by atoms with van der Waals surface area (Å²) < 4.78 is 7.67. The lowest BCUT2D eigenvalue weighted by Gasteiger charge is -2.20. The van der Waals surface area contributed by atoms with Crippen LogP contribution in [0.5, 0.6) is 0 Å². The number of nitrogens with zero attached hydrogens (tertiary/aromatic N) is 3. The first-order valence-electron chi connectivity index (χ1n) is 8.29. The number of H-pyrrole nitrogens is 1. The Labute approximate surface area is 145 Å². The van der Waals surface area contributed by atoms with Gasteiger partial charge in [0.05, 0.1) is 17.4 Å². The number of amides is 1. The SMILES string of the molecule is Cc1nc(C(=O)N[C@H]2CCO[C@@H]2c2c(C)nn(C)c2C)c(=O)[nH]c1C. The second kappa shape index (κ2) is 6.44. The Balaban J connectivity index is 1.86. The van der Waals surface area contributed by atoms with Crippen molar-refractivity contribution in [3.63, 3.8) is 0 Å². The van der Waals surface area contributed by atoms with Crippen molar-refractivity contribution < 1.29 is 9.53 Å². The number of hydrogen-bond acceptors (Lipinski definition) is 5. The smallest absolute Gasteiger partial charge is 0.279 e. The van der Waals surface area contributed by atoms with Crippen molar-refractivity contribution in [2.75, 3.05) is 6.61 Å². The van der Waals surface area contributed by atoms with E-state index in [1.165, 1.54) is 0 Å². The summed E-state index contributed by atoms with van der Waals surface area (Å²) in [7, 11) is 1.88. The Morgan fingerprint density at radius 1 is 1.28 bits per heavy atom. The third-order valence-corrected chi connectivity index (χ3v) is 4.81. The van der Waals surface area contributed by atoms with E-state index in [9.17, 15) is 9.59 Å². The second-order valence-electron chi connectivity index (χ2n) is 6.49. The van der Waals surface area contributed by atoms with E-state index in [1.807, 2.05) is 20.9 Å². The van der Waals surface area contributed by atoms with Crippen LogP contribution in [-0.4, -0.2) is 38.3 Å². The summed E-state index contributed by atoms with van der Waals surface area (Å²) in [6, 6.07) is -0.225. The highest BCUT2D eigenvalue weighted by molar-refractivity contribution is 5.92. The van der Waals surface area contributed by atoms with Gasteiger partial charge in [-0.3, -0.25) is 14.3 Å². The molecular formula is C17H23N5O3. The largest absolute Gasteiger partial charge is 0.371 e. The number of rotatable bonds is 3. The average molecular weight is 345 g/mol. The number of aryl methyl sites for hydroxylation is 4. The zero-order valence-corrected chi connectivity index (χ0v) is 15.1. The Kier molecular flexibility index (Phi) is 4.47. The lowest BCUT2D eigenvalue weighted by molar-refractivity contribution is 0.0812. The van der Waals surface area contributed by atoms with Crippen LogP contribution >= 0.6 is 0 Å². The summed E-state index contributed by atoms with van der Waals surface area (Å²) in [4.78, 5) is 31.4. The number of ether oxygens (including phenoxy) is 1. The molecule has 0 unspecified atom stereocenters. The first kappa shape index (κ1) is 17.3. The van der Waals surface area contributed by atoms with Crippen LogP contribution in [0.4, 0.5) is 0 Å². The summed E-state index contributed by atoms with van der Waals surface area (Å²) in [5.41, 5.74) is 3.57. The molecule has 3 heterocycles. The van der Waals surface area contributed by atoms with Gasteiger partial charge in [0.2, 0.25) is 0 Å². The van der Waals surface area contributed by atoms with Gasteiger partial charge in [0.25, 0.3) is 11.5 Å². The summed E-state index contributed by atoms with van der Waals surface area (Å²) in [5, 5.41) is 7.33. The minimum atomic E-state index is -0.482. The van der Waals surface area contributed by atoms with Crippen LogP contribution in [0.2, 0.25) is 0 Å². The third-order valence-electron chi connectivity index (χ3n) is 4.81. The van der Waals surface area contributed by atoms with Gasteiger partial charge in [-0.15, -0.1) is 0 Å². The van der Waals surface area contributed by atoms with Crippen LogP contribution in [0.15, 0.2) is 4.79 Å². The quantitative estimate of drug-likeness (QED) is 0.864. The zero-order valence-electron chi connectivity index (χ0n) is 15.1. The molecule has 2 atom stereocenters. The minimum Gasteiger partial charge on any atom is -0.371 e. The van der Waals surface area contributed by atoms with Crippen LogP contribution in [-0.2, 0) is 11.8 Å². The summed E-state index contributed by atoms with van der Waals surface area (Å²) in [5.74, 6) is -0.482. The molecule has 2 N–H and O–H groups in total. The number of aromatic amines is 1. The van der Waals surface area contributed by atoms with E-state index in [0.717, 1.165) is 17.0 Å². The Morgan fingerprint density at radius 2 is 2.00 bits per heavy atom. The molecule has 0 aromatic carbocycles. The molecule has 2 aromatic heterocycles. The van der Waals surface area contributed by atoms with Gasteiger partial charge in [-0.25, -0.2) is 4.98 Å². The van der Waals surface area contributed by atoms with Crippen molar-refractivity contribution in [3.05, 3.63) is 44.4 Å². The molecule has 8 nitrogen and oxygen atoms in total. The highest BCUT2D eigenvalue weighted by Gasteiger charge is 2.35. The van der Waals surface area contributed by atoms with E-state index < -0.39 is 11.5 Å². The molecule has 1 amide bonds. The molecule has 0 saturated carbocycles. The highest BCUT2D eigenvalue weighted by atomic mass is 16.5. The van der Waals surface area contributed by atoms with E-state index in [1.54, 1.807) is 18.5 Å². The number of nitrogens with one attached hydrogen (secondary N) is 2. The normalized spacial score (nSPS) is 20.0. The number of carbonyl (C=O) groups excluding carboxylic acids is 1. The van der Waals surface area contributed by atoms with Crippen LogP contribution in [0.1, 0.15) is 51.4 Å². The van der Waals surface area contributed by atoms with Crippen LogP contribution < -0.4 is 10.9 Å². The summed E-state index contributed by atoms with van der Waals surface area (Å²) in [6.45, 7) is 7.95. The predicted molar refractivity (Wildman–Crippen MR) is 91.6 cm³/mol. The van der Waals surface area contributed by atoms with E-state index in [2.05, 4.69) is 20.4 Å². The fraction of sp³-hybridized carbons (Fsp3) is 0.529. The van der Waals surface area contributed by atoms with Crippen LogP contribution in [0.25, 0.3) is 0 Å². The molecule has 134 valence electrons. The number of aromatic nitrogens is 4. The second-order valence-corrected chi connectivity index (χ2v) is 6.49. The Bertz CT molecular complexity index is 883. The number of carbonyl (C=O) groups is 1. The molecule has 25 heavy (non-hydrogen) atoms. The molecule has 1 fully saturated rings. The minimum absolute atomic E-state index is 0.117. The van der Waals surface area contributed by atoms with Gasteiger partial charge < -0.3 is 15.0 Å². The maximum absolute atomic E-state index is 12.6. The lowest BCUT2D eigenvalue weighted by atomic mass is 10.00. The van der Waals surface area contributed by atoms with E-state index in [4.69, 9.17) is 4.74 Å². The molecule has 0 radical (unpaired) electrons. The molecule has 0 spiro atoms. The molecule has 0 aliphatic carbocycles. The highest BCUT2D eigenvalue weighted by Crippen LogP contribution is 2.33. The van der Waals surface area contributed by atoms with E-state index >= 15 is 0 Å². The maximum atomic E-state index is 12.6. The van der Waals surface area contributed by atoms with Gasteiger partial charge in [-0.1, -0.05) is 0 Å². The van der Waals surface area contributed by atoms with Crippen molar-refractivity contribution in [2.24, 2.45) is 7.05 Å². The van der Waals surface area contributed by atoms with Gasteiger partial charge in [-0.05, 0) is 34.1 Å². The van der Waals surface area contributed by atoms with Crippen molar-refractivity contribution >= 4 is 5.91 Å². The lowest BCUT2D eigenvalue weighted by Crippen LogP contribution is -2.40. The molecule has 1 aliphatic heterocycles. The molecule has 0 bridgehead atoms. The molecule has 2 aromatic rings. The predicted octanol–water partition coefficient (Wildman–Crippen LogP) is 0.997. The van der Waals surface area contributed by atoms with Gasteiger partial charge in [0.15, 0.2) is 5.69 Å². The van der Waals surface area contributed by atoms with Gasteiger partial charge in [-0.2, -0.15) is 5.10 Å². The molecule has 1 aliphatic rings. The van der Waals surface area contributed by atoms with E-state index in [-0.39, 0.29) is 17.8 Å². The van der Waals surface area contributed by atoms with Gasteiger partial charge >= 0.3 is 0 Å². The standard InChI is InChI=1S/C17H23N5O3/c1-8-9(2)19-16(23)14(18-8)17(24)20-12-6-7-25-15(12)13-10(3)21-22(5)11(13)4/h12,15H,6-7H2,1-5H3,(H,19,23)(H,20,24)/t12-,15-/m0/s1. The maximum Gasteiger partial charge on any atom is 0.279 e. The summed E-state index contributed by atoms with van der Waals surface area (Å²) in [6.07, 6.45) is 0.399. The fourth-order valence-corrected chi connectivity index (χ4v) is 3.24. The van der Waals surface area contributed by atoms with Gasteiger partial charge in [0.1, 0.15) is 6.10 Å². The fourth-order valence-electron chi connectivity index (χ4n) is 3.24. The first-order valence-corrected chi connectivity index (χ1v) is 8.29. The van der Waals surface area contributed by atoms with Crippen molar-refractivity contribution in [1.82, 2.24) is 25.1 Å². The molecule has 1 saturated heterocycles. The monoisotopic (exact) mass is 345 g/mol. The van der Waals surface area contributed by atoms with Crippen molar-refractivity contribution in [2.45, 2.75) is 46.3 Å². The average Bonchev–Trinajstić information content (AvgIpc) is 3.07. The topological polar surface area (TPSA) is 102 Å². The first-order chi connectivity index (χ1) is 11.8. The van der Waals surface area contributed by atoms with Gasteiger partial charge in [0, 0.05) is 30.6 Å². The molecular weight excluding hydrogens is 322 g/mol. The number of hydrogen-bond donors (Lipinski definition) is 2. The Morgan fingerprint density at radius 3 is 2.64 bits per heavy atom. The van der Waals surface area contributed by atoms with Crippen molar-refractivity contribution in [1.29, 1.82) is 0 Å². The zero-order chi connectivity index (χ0) is 18.3.